The monoisotopic (exact) mass is 360 g/mol. The lowest BCUT2D eigenvalue weighted by Gasteiger charge is -2.28. The van der Waals surface area contributed by atoms with E-state index in [0.29, 0.717) is 19.4 Å². The van der Waals surface area contributed by atoms with Crippen molar-refractivity contribution >= 4 is 18.2 Å². The standard InChI is InChI=1S/C17H32N2O6/c1-16(2,3)24-14(22)18-11-9-8-10-12(13(20)21)19(7)15(23)25-17(4,5)6/h12H,8-11H2,1-7H3,(H,18,22)(H,20,21)/t12-/m1/s1. The Balaban J connectivity index is 4.31. The van der Waals surface area contributed by atoms with Crippen molar-refractivity contribution in [3.63, 3.8) is 0 Å². The summed E-state index contributed by atoms with van der Waals surface area (Å²) < 4.78 is 10.3. The van der Waals surface area contributed by atoms with Crippen molar-refractivity contribution in [2.24, 2.45) is 0 Å². The largest absolute Gasteiger partial charge is 0.480 e. The normalized spacial score (nSPS) is 12.9. The molecule has 2 amide bonds. The number of hydrogen-bond donors (Lipinski definition) is 2. The van der Waals surface area contributed by atoms with Gasteiger partial charge in [-0.1, -0.05) is 0 Å². The Labute approximate surface area is 149 Å². The fourth-order valence-electron chi connectivity index (χ4n) is 1.91. The smallest absolute Gasteiger partial charge is 0.410 e. The van der Waals surface area contributed by atoms with E-state index in [1.54, 1.807) is 41.5 Å². The summed E-state index contributed by atoms with van der Waals surface area (Å²) in [5, 5.41) is 11.9. The molecule has 2 N–H and O–H groups in total. The van der Waals surface area contributed by atoms with Crippen LogP contribution in [0.15, 0.2) is 0 Å². The third-order valence-corrected chi connectivity index (χ3v) is 3.01. The summed E-state index contributed by atoms with van der Waals surface area (Å²) in [4.78, 5) is 36.0. The third-order valence-electron chi connectivity index (χ3n) is 3.01. The first-order chi connectivity index (χ1) is 11.2. The number of likely N-dealkylation sites (N-methyl/N-ethyl adjacent to an activating group) is 1. The number of ether oxygens (including phenoxy) is 2. The van der Waals surface area contributed by atoms with E-state index in [4.69, 9.17) is 9.47 Å². The van der Waals surface area contributed by atoms with Gasteiger partial charge in [-0.15, -0.1) is 0 Å². The van der Waals surface area contributed by atoms with Gasteiger partial charge in [-0.3, -0.25) is 4.90 Å². The van der Waals surface area contributed by atoms with Gasteiger partial charge >= 0.3 is 18.2 Å². The van der Waals surface area contributed by atoms with Gasteiger partial charge in [0.05, 0.1) is 0 Å². The second-order valence-corrected chi connectivity index (χ2v) is 7.87. The van der Waals surface area contributed by atoms with Gasteiger partial charge in [-0.05, 0) is 60.8 Å². The number of alkyl carbamates (subject to hydrolysis) is 1. The van der Waals surface area contributed by atoms with Crippen LogP contribution < -0.4 is 5.32 Å². The van der Waals surface area contributed by atoms with Crippen LogP contribution in [-0.4, -0.2) is 59.0 Å². The molecule has 0 spiro atoms. The van der Waals surface area contributed by atoms with Gasteiger partial charge in [0, 0.05) is 13.6 Å². The van der Waals surface area contributed by atoms with Crippen LogP contribution in [0.2, 0.25) is 0 Å². The van der Waals surface area contributed by atoms with E-state index in [1.807, 2.05) is 0 Å². The summed E-state index contributed by atoms with van der Waals surface area (Å²) in [6.45, 7) is 10.9. The molecule has 8 nitrogen and oxygen atoms in total. The molecule has 0 saturated heterocycles. The maximum Gasteiger partial charge on any atom is 0.410 e. The highest BCUT2D eigenvalue weighted by molar-refractivity contribution is 5.79. The SMILES string of the molecule is CN(C(=O)OC(C)(C)C)[C@H](CCCCNC(=O)OC(C)(C)C)C(=O)O. The van der Waals surface area contributed by atoms with Crippen LogP contribution >= 0.6 is 0 Å². The van der Waals surface area contributed by atoms with E-state index in [2.05, 4.69) is 5.32 Å². The predicted molar refractivity (Wildman–Crippen MR) is 93.5 cm³/mol. The summed E-state index contributed by atoms with van der Waals surface area (Å²) in [5.41, 5.74) is -1.25. The second-order valence-electron chi connectivity index (χ2n) is 7.87. The Bertz CT molecular complexity index is 465. The van der Waals surface area contributed by atoms with Gasteiger partial charge < -0.3 is 19.9 Å². The first kappa shape index (κ1) is 23.0. The molecule has 25 heavy (non-hydrogen) atoms. The molecular formula is C17H32N2O6. The molecule has 0 aliphatic heterocycles. The maximum atomic E-state index is 12.0. The molecular weight excluding hydrogens is 328 g/mol. The Morgan fingerprint density at radius 2 is 1.52 bits per heavy atom. The Kier molecular flexibility index (Phi) is 8.73. The molecule has 0 aromatic heterocycles. The van der Waals surface area contributed by atoms with Crippen molar-refractivity contribution in [3.05, 3.63) is 0 Å². The maximum absolute atomic E-state index is 12.0. The number of amides is 2. The Hall–Kier alpha value is -1.99. The zero-order valence-corrected chi connectivity index (χ0v) is 16.3. The Morgan fingerprint density at radius 1 is 1.00 bits per heavy atom. The van der Waals surface area contributed by atoms with E-state index in [1.165, 1.54) is 7.05 Å². The molecule has 0 unspecified atom stereocenters. The molecule has 0 heterocycles. The summed E-state index contributed by atoms with van der Waals surface area (Å²) >= 11 is 0. The summed E-state index contributed by atoms with van der Waals surface area (Å²) in [7, 11) is 1.41. The molecule has 0 rings (SSSR count). The van der Waals surface area contributed by atoms with Crippen LogP contribution in [0.1, 0.15) is 60.8 Å². The lowest BCUT2D eigenvalue weighted by molar-refractivity contribution is -0.143. The molecule has 0 aliphatic rings. The van der Waals surface area contributed by atoms with Crippen molar-refractivity contribution in [1.82, 2.24) is 10.2 Å². The van der Waals surface area contributed by atoms with Crippen LogP contribution in [0.3, 0.4) is 0 Å². The van der Waals surface area contributed by atoms with Gasteiger partial charge in [0.2, 0.25) is 0 Å². The number of hydrogen-bond acceptors (Lipinski definition) is 5. The minimum Gasteiger partial charge on any atom is -0.480 e. The Morgan fingerprint density at radius 3 is 1.96 bits per heavy atom. The van der Waals surface area contributed by atoms with Gasteiger partial charge in [0.25, 0.3) is 0 Å². The van der Waals surface area contributed by atoms with Crippen LogP contribution in [0.4, 0.5) is 9.59 Å². The van der Waals surface area contributed by atoms with E-state index < -0.39 is 35.4 Å². The number of carboxylic acids is 1. The topological polar surface area (TPSA) is 105 Å². The van der Waals surface area contributed by atoms with E-state index in [0.717, 1.165) is 4.90 Å². The highest BCUT2D eigenvalue weighted by Gasteiger charge is 2.29. The van der Waals surface area contributed by atoms with Crippen molar-refractivity contribution in [2.75, 3.05) is 13.6 Å². The fraction of sp³-hybridized carbons (Fsp3) is 0.824. The minimum absolute atomic E-state index is 0.265. The molecule has 0 saturated carbocycles. The van der Waals surface area contributed by atoms with Crippen molar-refractivity contribution in [3.8, 4) is 0 Å². The van der Waals surface area contributed by atoms with Crippen molar-refractivity contribution < 1.29 is 29.0 Å². The van der Waals surface area contributed by atoms with Crippen LogP contribution in [0, 0.1) is 0 Å². The molecule has 146 valence electrons. The summed E-state index contributed by atoms with van der Waals surface area (Å²) in [6.07, 6.45) is 0.187. The van der Waals surface area contributed by atoms with Crippen molar-refractivity contribution in [1.29, 1.82) is 0 Å². The number of carboxylic acid groups (broad SMARTS) is 1. The first-order valence-electron chi connectivity index (χ1n) is 8.38. The van der Waals surface area contributed by atoms with Crippen LogP contribution in [-0.2, 0) is 14.3 Å². The minimum atomic E-state index is -1.09. The van der Waals surface area contributed by atoms with Gasteiger partial charge in [0.15, 0.2) is 0 Å². The molecule has 0 aromatic carbocycles. The fourth-order valence-corrected chi connectivity index (χ4v) is 1.91. The van der Waals surface area contributed by atoms with Crippen molar-refractivity contribution in [2.45, 2.75) is 78.0 Å². The second kappa shape index (κ2) is 9.48. The van der Waals surface area contributed by atoms with E-state index in [9.17, 15) is 19.5 Å². The average molecular weight is 360 g/mol. The number of aliphatic carboxylic acids is 1. The molecule has 8 heteroatoms. The number of nitrogens with zero attached hydrogens (tertiary/aromatic N) is 1. The highest BCUT2D eigenvalue weighted by Crippen LogP contribution is 2.14. The lowest BCUT2D eigenvalue weighted by Crippen LogP contribution is -2.44. The average Bonchev–Trinajstić information content (AvgIpc) is 2.37. The number of nitrogens with one attached hydrogen (secondary N) is 1. The summed E-state index contributed by atoms with van der Waals surface area (Å²) in [5.74, 6) is -1.09. The zero-order chi connectivity index (χ0) is 19.8. The third kappa shape index (κ3) is 11.2. The number of rotatable bonds is 7. The van der Waals surface area contributed by atoms with Gasteiger partial charge in [-0.2, -0.15) is 0 Å². The zero-order valence-electron chi connectivity index (χ0n) is 16.3. The summed E-state index contributed by atoms with van der Waals surface area (Å²) in [6, 6.07) is -0.976. The molecule has 0 aliphatic carbocycles. The van der Waals surface area contributed by atoms with Gasteiger partial charge in [-0.25, -0.2) is 14.4 Å². The molecule has 0 bridgehead atoms. The van der Waals surface area contributed by atoms with E-state index >= 15 is 0 Å². The highest BCUT2D eigenvalue weighted by atomic mass is 16.6. The lowest BCUT2D eigenvalue weighted by atomic mass is 10.1. The first-order valence-corrected chi connectivity index (χ1v) is 8.38. The van der Waals surface area contributed by atoms with Crippen LogP contribution in [0.25, 0.3) is 0 Å². The number of carbonyl (C=O) groups is 3. The van der Waals surface area contributed by atoms with Crippen LogP contribution in [0.5, 0.6) is 0 Å². The van der Waals surface area contributed by atoms with E-state index in [-0.39, 0.29) is 6.42 Å². The number of unbranched alkanes of at least 4 members (excludes halogenated alkanes) is 1. The molecule has 0 fully saturated rings. The quantitative estimate of drug-likeness (QED) is 0.676. The van der Waals surface area contributed by atoms with Gasteiger partial charge in [0.1, 0.15) is 17.2 Å². The number of carbonyl (C=O) groups excluding carboxylic acids is 2. The molecule has 0 radical (unpaired) electrons. The predicted octanol–water partition coefficient (Wildman–Crippen LogP) is 3.00. The molecule has 0 aromatic rings. The molecule has 1 atom stereocenters.